The molecular weight excluding hydrogens is 493 g/mol. The summed E-state index contributed by atoms with van der Waals surface area (Å²) < 4.78 is 76.0. The van der Waals surface area contributed by atoms with Crippen molar-refractivity contribution in [2.75, 3.05) is 39.4 Å². The van der Waals surface area contributed by atoms with E-state index in [0.717, 1.165) is 11.6 Å². The van der Waals surface area contributed by atoms with Gasteiger partial charge in [0.05, 0.1) is 30.2 Å². The monoisotopic (exact) mass is 522 g/mol. The second-order valence-electron chi connectivity index (χ2n) is 8.73. The van der Waals surface area contributed by atoms with Gasteiger partial charge < -0.3 is 9.30 Å². The van der Waals surface area contributed by atoms with Gasteiger partial charge in [-0.1, -0.05) is 35.9 Å². The first-order chi connectivity index (χ1) is 17.1. The fraction of sp³-hybridized carbons (Fsp3) is 0.400. The fourth-order valence-electron chi connectivity index (χ4n) is 4.13. The zero-order valence-electron chi connectivity index (χ0n) is 20.0. The summed E-state index contributed by atoms with van der Waals surface area (Å²) in [6.45, 7) is 5.05. The van der Waals surface area contributed by atoms with Crippen LogP contribution in [-0.4, -0.2) is 66.6 Å². The van der Waals surface area contributed by atoms with Crippen LogP contribution in [0, 0.1) is 6.92 Å². The van der Waals surface area contributed by atoms with Gasteiger partial charge in [-0.25, -0.2) is 13.4 Å². The molecule has 0 atom stereocenters. The van der Waals surface area contributed by atoms with Crippen molar-refractivity contribution in [2.45, 2.75) is 31.1 Å². The Morgan fingerprint density at radius 2 is 1.75 bits per heavy atom. The predicted octanol–water partition coefficient (Wildman–Crippen LogP) is 3.78. The number of halogens is 3. The zero-order chi connectivity index (χ0) is 25.8. The second-order valence-corrected chi connectivity index (χ2v) is 10.7. The minimum absolute atomic E-state index is 0.0677. The standard InChI is InChI=1S/C25H29F3N4O3S/c1-20-6-8-22(9-7-20)36(33,34)32(13-12-30-14-16-35-17-15-30)19-24-29-10-11-31(24)18-21-4-2-3-5-23(21)25(26,27)28/h2-11H,12-19H2,1H3. The molecule has 36 heavy (non-hydrogen) atoms. The molecule has 0 N–H and O–H groups in total. The number of benzene rings is 2. The average molecular weight is 523 g/mol. The lowest BCUT2D eigenvalue weighted by molar-refractivity contribution is -0.138. The van der Waals surface area contributed by atoms with E-state index in [1.165, 1.54) is 22.6 Å². The van der Waals surface area contributed by atoms with E-state index in [2.05, 4.69) is 9.88 Å². The summed E-state index contributed by atoms with van der Waals surface area (Å²) >= 11 is 0. The van der Waals surface area contributed by atoms with Crippen LogP contribution >= 0.6 is 0 Å². The molecule has 2 heterocycles. The van der Waals surface area contributed by atoms with E-state index in [9.17, 15) is 21.6 Å². The Kier molecular flexibility index (Phi) is 8.13. The van der Waals surface area contributed by atoms with Crippen LogP contribution < -0.4 is 0 Å². The Hall–Kier alpha value is -2.73. The molecule has 1 fully saturated rings. The van der Waals surface area contributed by atoms with E-state index in [1.807, 2.05) is 6.92 Å². The molecule has 0 saturated carbocycles. The molecule has 7 nitrogen and oxygen atoms in total. The van der Waals surface area contributed by atoms with Crippen molar-refractivity contribution in [3.63, 3.8) is 0 Å². The minimum Gasteiger partial charge on any atom is -0.379 e. The number of hydrogen-bond donors (Lipinski definition) is 0. The summed E-state index contributed by atoms with van der Waals surface area (Å²) in [5.74, 6) is 0.365. The fourth-order valence-corrected chi connectivity index (χ4v) is 5.52. The zero-order valence-corrected chi connectivity index (χ0v) is 20.8. The lowest BCUT2D eigenvalue weighted by atomic mass is 10.1. The predicted molar refractivity (Wildman–Crippen MR) is 129 cm³/mol. The quantitative estimate of drug-likeness (QED) is 0.428. The van der Waals surface area contributed by atoms with E-state index in [4.69, 9.17) is 4.74 Å². The van der Waals surface area contributed by atoms with E-state index >= 15 is 0 Å². The molecule has 1 aliphatic heterocycles. The number of rotatable bonds is 9. The molecule has 1 saturated heterocycles. The number of sulfonamides is 1. The molecule has 0 spiro atoms. The molecular formula is C25H29F3N4O3S. The second kappa shape index (κ2) is 11.1. The third kappa shape index (κ3) is 6.33. The van der Waals surface area contributed by atoms with Gasteiger partial charge in [-0.2, -0.15) is 17.5 Å². The third-order valence-corrected chi connectivity index (χ3v) is 8.07. The summed E-state index contributed by atoms with van der Waals surface area (Å²) in [4.78, 5) is 6.60. The van der Waals surface area contributed by atoms with Crippen LogP contribution in [0.1, 0.15) is 22.5 Å². The molecule has 4 rings (SSSR count). The van der Waals surface area contributed by atoms with Crippen LogP contribution in [0.5, 0.6) is 0 Å². The highest BCUT2D eigenvalue weighted by molar-refractivity contribution is 7.89. The van der Waals surface area contributed by atoms with Crippen molar-refractivity contribution >= 4 is 10.0 Å². The van der Waals surface area contributed by atoms with Gasteiger partial charge in [0.25, 0.3) is 0 Å². The van der Waals surface area contributed by atoms with Crippen LogP contribution in [0.25, 0.3) is 0 Å². The van der Waals surface area contributed by atoms with Crippen LogP contribution in [0.4, 0.5) is 13.2 Å². The normalized spacial score (nSPS) is 15.5. The largest absolute Gasteiger partial charge is 0.416 e. The summed E-state index contributed by atoms with van der Waals surface area (Å²) in [5, 5.41) is 0. The number of imidazole rings is 1. The SMILES string of the molecule is Cc1ccc(S(=O)(=O)N(CCN2CCOCC2)Cc2nccn2Cc2ccccc2C(F)(F)F)cc1. The molecule has 0 aliphatic carbocycles. The van der Waals surface area contributed by atoms with Crippen LogP contribution in [-0.2, 0) is 34.0 Å². The molecule has 0 unspecified atom stereocenters. The number of aryl methyl sites for hydroxylation is 1. The molecule has 0 radical (unpaired) electrons. The number of hydrogen-bond acceptors (Lipinski definition) is 5. The Balaban J connectivity index is 1.60. The summed E-state index contributed by atoms with van der Waals surface area (Å²) in [5.41, 5.74) is 0.305. The highest BCUT2D eigenvalue weighted by Crippen LogP contribution is 2.32. The van der Waals surface area contributed by atoms with Crippen molar-refractivity contribution in [1.82, 2.24) is 18.8 Å². The Bertz CT molecular complexity index is 1250. The number of alkyl halides is 3. The van der Waals surface area contributed by atoms with Crippen molar-refractivity contribution in [3.05, 3.63) is 83.4 Å². The molecule has 0 amide bonds. The first kappa shape index (κ1) is 26.3. The van der Waals surface area contributed by atoms with E-state index in [1.54, 1.807) is 41.1 Å². The average Bonchev–Trinajstić information content (AvgIpc) is 3.28. The lowest BCUT2D eigenvalue weighted by Gasteiger charge is -2.29. The molecule has 0 bridgehead atoms. The van der Waals surface area contributed by atoms with Gasteiger partial charge in [0.15, 0.2) is 0 Å². The maximum absolute atomic E-state index is 13.6. The van der Waals surface area contributed by atoms with Gasteiger partial charge in [-0.05, 0) is 30.7 Å². The smallest absolute Gasteiger partial charge is 0.379 e. The van der Waals surface area contributed by atoms with Crippen LogP contribution in [0.15, 0.2) is 65.8 Å². The number of ether oxygens (including phenoxy) is 1. The summed E-state index contributed by atoms with van der Waals surface area (Å²) in [6, 6.07) is 12.0. The highest BCUT2D eigenvalue weighted by Gasteiger charge is 2.33. The minimum atomic E-state index is -4.49. The summed E-state index contributed by atoms with van der Waals surface area (Å²) in [6.07, 6.45) is -1.44. The van der Waals surface area contributed by atoms with Crippen LogP contribution in [0.2, 0.25) is 0 Å². The van der Waals surface area contributed by atoms with Gasteiger partial charge in [-0.15, -0.1) is 0 Å². The Morgan fingerprint density at radius 1 is 1.06 bits per heavy atom. The summed E-state index contributed by atoms with van der Waals surface area (Å²) in [7, 11) is -3.87. The van der Waals surface area contributed by atoms with E-state index in [0.29, 0.717) is 38.7 Å². The van der Waals surface area contributed by atoms with Crippen molar-refractivity contribution < 1.29 is 26.3 Å². The lowest BCUT2D eigenvalue weighted by Crippen LogP contribution is -2.43. The molecule has 1 aromatic heterocycles. The number of nitrogens with zero attached hydrogens (tertiary/aromatic N) is 4. The van der Waals surface area contributed by atoms with Gasteiger partial charge in [-0.3, -0.25) is 4.90 Å². The van der Waals surface area contributed by atoms with Gasteiger partial charge in [0.2, 0.25) is 10.0 Å². The molecule has 1 aliphatic rings. The Morgan fingerprint density at radius 3 is 2.44 bits per heavy atom. The molecule has 2 aromatic carbocycles. The highest BCUT2D eigenvalue weighted by atomic mass is 32.2. The molecule has 194 valence electrons. The maximum Gasteiger partial charge on any atom is 0.416 e. The Labute approximate surface area is 209 Å². The van der Waals surface area contributed by atoms with Gasteiger partial charge in [0, 0.05) is 45.1 Å². The first-order valence-electron chi connectivity index (χ1n) is 11.7. The number of morpholine rings is 1. The topological polar surface area (TPSA) is 67.7 Å². The van der Waals surface area contributed by atoms with Gasteiger partial charge >= 0.3 is 6.18 Å². The van der Waals surface area contributed by atoms with Gasteiger partial charge in [0.1, 0.15) is 5.82 Å². The van der Waals surface area contributed by atoms with E-state index in [-0.39, 0.29) is 30.1 Å². The van der Waals surface area contributed by atoms with Crippen LogP contribution in [0.3, 0.4) is 0 Å². The van der Waals surface area contributed by atoms with Crippen molar-refractivity contribution in [3.8, 4) is 0 Å². The molecule has 11 heteroatoms. The van der Waals surface area contributed by atoms with E-state index < -0.39 is 21.8 Å². The van der Waals surface area contributed by atoms with Crippen molar-refractivity contribution in [2.24, 2.45) is 0 Å². The van der Waals surface area contributed by atoms with Crippen molar-refractivity contribution in [1.29, 1.82) is 0 Å². The third-order valence-electron chi connectivity index (χ3n) is 6.21. The maximum atomic E-state index is 13.6. The number of aromatic nitrogens is 2. The first-order valence-corrected chi connectivity index (χ1v) is 13.1. The molecule has 3 aromatic rings.